The first-order chi connectivity index (χ1) is 10.8. The van der Waals surface area contributed by atoms with Gasteiger partial charge in [-0.15, -0.1) is 0 Å². The molecule has 0 amide bonds. The molecule has 1 aromatic heterocycles. The summed E-state index contributed by atoms with van der Waals surface area (Å²) in [7, 11) is 3.33. The molecule has 2 aromatic carbocycles. The van der Waals surface area contributed by atoms with Gasteiger partial charge in [0.05, 0.1) is 25.6 Å². The minimum absolute atomic E-state index is 0.791. The first-order valence-electron chi connectivity index (χ1n) is 7.06. The molecule has 0 saturated heterocycles. The molecule has 0 fully saturated rings. The Morgan fingerprint density at radius 3 is 1.73 bits per heavy atom. The fourth-order valence-corrected chi connectivity index (χ4v) is 2.29. The zero-order chi connectivity index (χ0) is 15.4. The van der Waals surface area contributed by atoms with Crippen LogP contribution in [0.4, 0.5) is 0 Å². The molecule has 3 heteroatoms. The number of hydrogen-bond acceptors (Lipinski definition) is 3. The summed E-state index contributed by atoms with van der Waals surface area (Å²) in [6, 6.07) is 21.8. The van der Waals surface area contributed by atoms with Crippen LogP contribution in [-0.4, -0.2) is 19.2 Å². The Labute approximate surface area is 130 Å². The normalized spacial score (nSPS) is 10.3. The van der Waals surface area contributed by atoms with E-state index in [1.165, 1.54) is 0 Å². The summed E-state index contributed by atoms with van der Waals surface area (Å²) in [5.74, 6) is 1.62. The second kappa shape index (κ2) is 6.31. The van der Waals surface area contributed by atoms with Gasteiger partial charge in [-0.3, -0.25) is 0 Å². The van der Waals surface area contributed by atoms with E-state index in [1.807, 2.05) is 66.7 Å². The predicted octanol–water partition coefficient (Wildman–Crippen LogP) is 4.43. The van der Waals surface area contributed by atoms with Crippen LogP contribution < -0.4 is 9.47 Å². The van der Waals surface area contributed by atoms with Crippen molar-refractivity contribution in [1.82, 2.24) is 4.98 Å². The van der Waals surface area contributed by atoms with Crippen LogP contribution in [0.15, 0.2) is 66.7 Å². The number of rotatable bonds is 4. The van der Waals surface area contributed by atoms with Crippen molar-refractivity contribution >= 4 is 0 Å². The molecule has 110 valence electrons. The van der Waals surface area contributed by atoms with E-state index >= 15 is 0 Å². The lowest BCUT2D eigenvalue weighted by atomic mass is 10.1. The van der Waals surface area contributed by atoms with Gasteiger partial charge in [-0.1, -0.05) is 30.3 Å². The minimum atomic E-state index is 0.791. The fraction of sp³-hybridized carbons (Fsp3) is 0.105. The summed E-state index contributed by atoms with van der Waals surface area (Å²) in [5, 5.41) is 0. The van der Waals surface area contributed by atoms with Gasteiger partial charge in [0.15, 0.2) is 0 Å². The van der Waals surface area contributed by atoms with Gasteiger partial charge >= 0.3 is 0 Å². The van der Waals surface area contributed by atoms with Gasteiger partial charge in [-0.2, -0.15) is 0 Å². The highest BCUT2D eigenvalue weighted by Crippen LogP contribution is 2.29. The van der Waals surface area contributed by atoms with Crippen molar-refractivity contribution in [2.75, 3.05) is 14.2 Å². The van der Waals surface area contributed by atoms with E-state index in [4.69, 9.17) is 14.5 Å². The molecule has 0 saturated carbocycles. The number of aromatic nitrogens is 1. The molecule has 22 heavy (non-hydrogen) atoms. The second-order valence-corrected chi connectivity index (χ2v) is 4.87. The number of pyridine rings is 1. The van der Waals surface area contributed by atoms with Crippen LogP contribution in [0, 0.1) is 0 Å². The molecule has 3 nitrogen and oxygen atoms in total. The van der Waals surface area contributed by atoms with Gasteiger partial charge in [0.1, 0.15) is 11.5 Å². The number of ether oxygens (including phenoxy) is 2. The first-order valence-corrected chi connectivity index (χ1v) is 7.06. The van der Waals surface area contributed by atoms with Crippen molar-refractivity contribution in [2.45, 2.75) is 0 Å². The van der Waals surface area contributed by atoms with E-state index in [-0.39, 0.29) is 0 Å². The van der Waals surface area contributed by atoms with Crippen LogP contribution >= 0.6 is 0 Å². The molecule has 0 radical (unpaired) electrons. The summed E-state index contributed by atoms with van der Waals surface area (Å²) in [4.78, 5) is 4.76. The third-order valence-corrected chi connectivity index (χ3v) is 3.49. The average molecular weight is 291 g/mol. The molecule has 0 aliphatic heterocycles. The van der Waals surface area contributed by atoms with Crippen LogP contribution in [0.5, 0.6) is 11.5 Å². The van der Waals surface area contributed by atoms with Gasteiger partial charge in [-0.25, -0.2) is 4.98 Å². The summed E-state index contributed by atoms with van der Waals surface area (Å²) in [5.41, 5.74) is 3.86. The van der Waals surface area contributed by atoms with E-state index in [0.717, 1.165) is 34.0 Å². The van der Waals surface area contributed by atoms with Gasteiger partial charge < -0.3 is 9.47 Å². The molecule has 0 bridgehead atoms. The van der Waals surface area contributed by atoms with Gasteiger partial charge in [0.25, 0.3) is 0 Å². The van der Waals surface area contributed by atoms with Crippen molar-refractivity contribution in [3.63, 3.8) is 0 Å². The van der Waals surface area contributed by atoms with Gasteiger partial charge in [-0.05, 0) is 24.3 Å². The molecule has 0 aliphatic rings. The maximum Gasteiger partial charge on any atom is 0.123 e. The molecule has 0 atom stereocenters. The predicted molar refractivity (Wildman–Crippen MR) is 88.2 cm³/mol. The first kappa shape index (κ1) is 14.1. The molecule has 0 unspecified atom stereocenters. The van der Waals surface area contributed by atoms with E-state index in [1.54, 1.807) is 14.2 Å². The Kier molecular flexibility index (Phi) is 4.05. The SMILES string of the molecule is COc1ccc(-c2cc(OC)cc(-c3ccccc3)n2)cc1. The second-order valence-electron chi connectivity index (χ2n) is 4.87. The van der Waals surface area contributed by atoms with Crippen LogP contribution in [0.2, 0.25) is 0 Å². The third kappa shape index (κ3) is 2.93. The lowest BCUT2D eigenvalue weighted by Crippen LogP contribution is -1.92. The average Bonchev–Trinajstić information content (AvgIpc) is 2.62. The molecule has 0 aliphatic carbocycles. The molecule has 0 spiro atoms. The molecule has 0 N–H and O–H groups in total. The van der Waals surface area contributed by atoms with Crippen LogP contribution in [0.3, 0.4) is 0 Å². The van der Waals surface area contributed by atoms with Crippen molar-refractivity contribution in [2.24, 2.45) is 0 Å². The molecule has 3 rings (SSSR count). The van der Waals surface area contributed by atoms with Crippen LogP contribution in [0.1, 0.15) is 0 Å². The Morgan fingerprint density at radius 2 is 1.18 bits per heavy atom. The minimum Gasteiger partial charge on any atom is -0.497 e. The number of hydrogen-bond donors (Lipinski definition) is 0. The highest BCUT2D eigenvalue weighted by Gasteiger charge is 2.07. The Morgan fingerprint density at radius 1 is 0.636 bits per heavy atom. The van der Waals surface area contributed by atoms with Gasteiger partial charge in [0.2, 0.25) is 0 Å². The Bertz CT molecular complexity index is 752. The van der Waals surface area contributed by atoms with E-state index in [2.05, 4.69) is 0 Å². The monoisotopic (exact) mass is 291 g/mol. The lowest BCUT2D eigenvalue weighted by molar-refractivity contribution is 0.414. The summed E-state index contributed by atoms with van der Waals surface area (Å²) < 4.78 is 10.6. The van der Waals surface area contributed by atoms with Gasteiger partial charge in [0, 0.05) is 23.3 Å². The molecular formula is C19H17NO2. The van der Waals surface area contributed by atoms with E-state index < -0.39 is 0 Å². The molecule has 1 heterocycles. The van der Waals surface area contributed by atoms with Crippen molar-refractivity contribution in [3.05, 3.63) is 66.7 Å². The van der Waals surface area contributed by atoms with E-state index in [0.29, 0.717) is 0 Å². The summed E-state index contributed by atoms with van der Waals surface area (Å²) in [6.45, 7) is 0. The van der Waals surface area contributed by atoms with Crippen molar-refractivity contribution in [1.29, 1.82) is 0 Å². The molecule has 3 aromatic rings. The zero-order valence-electron chi connectivity index (χ0n) is 12.6. The lowest BCUT2D eigenvalue weighted by Gasteiger charge is -2.09. The number of benzene rings is 2. The standard InChI is InChI=1S/C19H17NO2/c1-21-16-10-8-15(9-11-16)19-13-17(22-2)12-18(20-19)14-6-4-3-5-7-14/h3-13H,1-2H3. The summed E-state index contributed by atoms with van der Waals surface area (Å²) in [6.07, 6.45) is 0. The fourth-order valence-electron chi connectivity index (χ4n) is 2.29. The highest BCUT2D eigenvalue weighted by molar-refractivity contribution is 5.68. The number of nitrogens with zero attached hydrogens (tertiary/aromatic N) is 1. The Balaban J connectivity index is 2.07. The van der Waals surface area contributed by atoms with Crippen LogP contribution in [-0.2, 0) is 0 Å². The largest absolute Gasteiger partial charge is 0.497 e. The van der Waals surface area contributed by atoms with E-state index in [9.17, 15) is 0 Å². The topological polar surface area (TPSA) is 31.4 Å². The Hall–Kier alpha value is -2.81. The van der Waals surface area contributed by atoms with Crippen molar-refractivity contribution < 1.29 is 9.47 Å². The van der Waals surface area contributed by atoms with Crippen LogP contribution in [0.25, 0.3) is 22.5 Å². The maximum atomic E-state index is 5.42. The molecular weight excluding hydrogens is 274 g/mol. The quantitative estimate of drug-likeness (QED) is 0.712. The highest BCUT2D eigenvalue weighted by atomic mass is 16.5. The van der Waals surface area contributed by atoms with Crippen molar-refractivity contribution in [3.8, 4) is 34.0 Å². The third-order valence-electron chi connectivity index (χ3n) is 3.49. The zero-order valence-corrected chi connectivity index (χ0v) is 12.6. The summed E-state index contributed by atoms with van der Waals surface area (Å²) >= 11 is 0. The smallest absolute Gasteiger partial charge is 0.123 e. The maximum absolute atomic E-state index is 5.42. The number of methoxy groups -OCH3 is 2.